The summed E-state index contributed by atoms with van der Waals surface area (Å²) in [7, 11) is 0. The Morgan fingerprint density at radius 3 is 2.59 bits per heavy atom. The van der Waals surface area contributed by atoms with Crippen LogP contribution >= 0.6 is 11.6 Å². The smallest absolute Gasteiger partial charge is 0.120 e. The van der Waals surface area contributed by atoms with E-state index in [4.69, 9.17) is 11.6 Å². The van der Waals surface area contributed by atoms with Gasteiger partial charge in [0.1, 0.15) is 5.75 Å². The van der Waals surface area contributed by atoms with Crippen LogP contribution in [-0.4, -0.2) is 5.11 Å². The lowest BCUT2D eigenvalue weighted by Gasteiger charge is -2.16. The van der Waals surface area contributed by atoms with Crippen LogP contribution < -0.4 is 5.32 Å². The zero-order valence-corrected chi connectivity index (χ0v) is 10.3. The second-order valence-corrected chi connectivity index (χ2v) is 4.37. The number of hydrogen-bond donors (Lipinski definition) is 2. The first-order valence-corrected chi connectivity index (χ1v) is 5.84. The molecule has 0 aliphatic rings. The van der Waals surface area contributed by atoms with Crippen LogP contribution in [0.4, 0.5) is 5.69 Å². The number of nitrogens with one attached hydrogen (secondary N) is 1. The van der Waals surface area contributed by atoms with E-state index in [0.29, 0.717) is 10.8 Å². The molecule has 0 bridgehead atoms. The molecule has 1 unspecified atom stereocenters. The van der Waals surface area contributed by atoms with Crippen molar-refractivity contribution in [1.29, 1.82) is 0 Å². The molecule has 2 aromatic rings. The molecule has 3 heteroatoms. The maximum absolute atomic E-state index is 9.75. The van der Waals surface area contributed by atoms with Crippen LogP contribution in [0.25, 0.3) is 0 Å². The quantitative estimate of drug-likeness (QED) is 0.851. The van der Waals surface area contributed by atoms with E-state index in [1.54, 1.807) is 6.07 Å². The van der Waals surface area contributed by atoms with Gasteiger partial charge in [-0.1, -0.05) is 35.9 Å². The molecule has 2 aromatic carbocycles. The molecule has 0 spiro atoms. The van der Waals surface area contributed by atoms with Gasteiger partial charge in [0.15, 0.2) is 0 Å². The lowest BCUT2D eigenvalue weighted by Crippen LogP contribution is -2.06. The van der Waals surface area contributed by atoms with Gasteiger partial charge in [-0.25, -0.2) is 0 Å². The lowest BCUT2D eigenvalue weighted by atomic mass is 10.1. The fourth-order valence-corrected chi connectivity index (χ4v) is 1.95. The van der Waals surface area contributed by atoms with Crippen LogP contribution in [0.15, 0.2) is 48.5 Å². The summed E-state index contributed by atoms with van der Waals surface area (Å²) in [6.07, 6.45) is 0. The predicted octanol–water partition coefficient (Wildman–Crippen LogP) is 4.22. The van der Waals surface area contributed by atoms with Crippen LogP contribution in [0.1, 0.15) is 18.5 Å². The third-order valence-corrected chi connectivity index (χ3v) is 2.85. The number of para-hydroxylation sites is 1. The minimum Gasteiger partial charge on any atom is -0.508 e. The highest BCUT2D eigenvalue weighted by Gasteiger charge is 2.09. The molecule has 0 aromatic heterocycles. The van der Waals surface area contributed by atoms with Gasteiger partial charge in [0.2, 0.25) is 0 Å². The Hall–Kier alpha value is -1.67. The normalized spacial score (nSPS) is 12.1. The molecule has 0 saturated carbocycles. The van der Waals surface area contributed by atoms with Crippen molar-refractivity contribution in [1.82, 2.24) is 0 Å². The summed E-state index contributed by atoms with van der Waals surface area (Å²) in [5, 5.41) is 13.7. The van der Waals surface area contributed by atoms with E-state index in [9.17, 15) is 5.11 Å². The maximum Gasteiger partial charge on any atom is 0.120 e. The average Bonchev–Trinajstić information content (AvgIpc) is 2.29. The molecule has 0 amide bonds. The molecule has 2 N–H and O–H groups in total. The first-order chi connectivity index (χ1) is 8.16. The van der Waals surface area contributed by atoms with E-state index < -0.39 is 0 Å². The number of anilines is 1. The number of phenolic OH excluding ortho intramolecular Hbond substituents is 1. The van der Waals surface area contributed by atoms with Gasteiger partial charge in [-0.15, -0.1) is 0 Å². The first-order valence-electron chi connectivity index (χ1n) is 5.47. The third-order valence-electron chi connectivity index (χ3n) is 2.61. The number of hydrogen-bond acceptors (Lipinski definition) is 2. The molecule has 0 aliphatic heterocycles. The molecule has 17 heavy (non-hydrogen) atoms. The van der Waals surface area contributed by atoms with Gasteiger partial charge in [-0.05, 0) is 31.2 Å². The summed E-state index contributed by atoms with van der Waals surface area (Å²) < 4.78 is 0. The van der Waals surface area contributed by atoms with Gasteiger partial charge in [0, 0.05) is 16.3 Å². The van der Waals surface area contributed by atoms with Crippen molar-refractivity contribution in [2.24, 2.45) is 0 Å². The average molecular weight is 248 g/mol. The second kappa shape index (κ2) is 5.11. The number of aromatic hydroxyl groups is 1. The van der Waals surface area contributed by atoms with E-state index >= 15 is 0 Å². The van der Waals surface area contributed by atoms with Crippen molar-refractivity contribution in [3.8, 4) is 5.75 Å². The van der Waals surface area contributed by atoms with Crippen molar-refractivity contribution >= 4 is 17.3 Å². The van der Waals surface area contributed by atoms with Gasteiger partial charge in [0.05, 0.1) is 6.04 Å². The number of halogens is 1. The lowest BCUT2D eigenvalue weighted by molar-refractivity contribution is 0.465. The van der Waals surface area contributed by atoms with E-state index in [1.807, 2.05) is 49.4 Å². The molecular formula is C14H14ClNO. The summed E-state index contributed by atoms with van der Waals surface area (Å²) >= 11 is 5.92. The van der Waals surface area contributed by atoms with Gasteiger partial charge in [0.25, 0.3) is 0 Å². The van der Waals surface area contributed by atoms with E-state index in [2.05, 4.69) is 5.32 Å². The van der Waals surface area contributed by atoms with Crippen molar-refractivity contribution in [3.05, 3.63) is 59.1 Å². The summed E-state index contributed by atoms with van der Waals surface area (Å²) in [6.45, 7) is 2.00. The molecule has 2 nitrogen and oxygen atoms in total. The SMILES string of the molecule is CC(Nc1cccc(Cl)c1)c1ccccc1O. The molecule has 2 rings (SSSR count). The zero-order valence-electron chi connectivity index (χ0n) is 9.52. The Kier molecular flexibility index (Phi) is 3.55. The van der Waals surface area contributed by atoms with Crippen LogP contribution in [0.5, 0.6) is 5.75 Å². The van der Waals surface area contributed by atoms with Crippen LogP contribution in [0.2, 0.25) is 5.02 Å². The molecule has 0 radical (unpaired) electrons. The Labute approximate surface area is 106 Å². The van der Waals surface area contributed by atoms with Crippen molar-refractivity contribution in [2.75, 3.05) is 5.32 Å². The van der Waals surface area contributed by atoms with Gasteiger partial charge in [-0.3, -0.25) is 0 Å². The van der Waals surface area contributed by atoms with E-state index in [1.165, 1.54) is 0 Å². The fourth-order valence-electron chi connectivity index (χ4n) is 1.76. The summed E-state index contributed by atoms with van der Waals surface area (Å²) in [5.74, 6) is 0.300. The maximum atomic E-state index is 9.75. The third kappa shape index (κ3) is 2.92. The molecular weight excluding hydrogens is 234 g/mol. The molecule has 0 saturated heterocycles. The van der Waals surface area contributed by atoms with Gasteiger partial charge < -0.3 is 10.4 Å². The van der Waals surface area contributed by atoms with Crippen LogP contribution in [0.3, 0.4) is 0 Å². The second-order valence-electron chi connectivity index (χ2n) is 3.94. The highest BCUT2D eigenvalue weighted by Crippen LogP contribution is 2.27. The minimum absolute atomic E-state index is 0.0228. The Balaban J connectivity index is 2.17. The topological polar surface area (TPSA) is 32.3 Å². The summed E-state index contributed by atoms with van der Waals surface area (Å²) in [4.78, 5) is 0. The number of rotatable bonds is 3. The molecule has 0 fully saturated rings. The number of phenols is 1. The van der Waals surface area contributed by atoms with Crippen molar-refractivity contribution in [2.45, 2.75) is 13.0 Å². The molecule has 88 valence electrons. The van der Waals surface area contributed by atoms with Crippen LogP contribution in [-0.2, 0) is 0 Å². The molecule has 0 aliphatic carbocycles. The standard InChI is InChI=1S/C14H14ClNO/c1-10(13-7-2-3-8-14(13)17)16-12-6-4-5-11(15)9-12/h2-10,16-17H,1H3. The first kappa shape index (κ1) is 11.8. The van der Waals surface area contributed by atoms with Crippen LogP contribution in [0, 0.1) is 0 Å². The van der Waals surface area contributed by atoms with Crippen molar-refractivity contribution < 1.29 is 5.11 Å². The molecule has 1 atom stereocenters. The summed E-state index contributed by atoms with van der Waals surface area (Å²) in [5.41, 5.74) is 1.81. The zero-order chi connectivity index (χ0) is 12.3. The highest BCUT2D eigenvalue weighted by molar-refractivity contribution is 6.30. The fraction of sp³-hybridized carbons (Fsp3) is 0.143. The van der Waals surface area contributed by atoms with E-state index in [-0.39, 0.29) is 6.04 Å². The van der Waals surface area contributed by atoms with Gasteiger partial charge in [-0.2, -0.15) is 0 Å². The highest BCUT2D eigenvalue weighted by atomic mass is 35.5. The monoisotopic (exact) mass is 247 g/mol. The Morgan fingerprint density at radius 1 is 1.12 bits per heavy atom. The Morgan fingerprint density at radius 2 is 1.88 bits per heavy atom. The minimum atomic E-state index is 0.0228. The number of benzene rings is 2. The molecule has 0 heterocycles. The largest absolute Gasteiger partial charge is 0.508 e. The Bertz CT molecular complexity index is 513. The predicted molar refractivity (Wildman–Crippen MR) is 71.6 cm³/mol. The van der Waals surface area contributed by atoms with Gasteiger partial charge >= 0.3 is 0 Å². The summed E-state index contributed by atoms with van der Waals surface area (Å²) in [6, 6.07) is 14.9. The van der Waals surface area contributed by atoms with E-state index in [0.717, 1.165) is 11.3 Å². The van der Waals surface area contributed by atoms with Crippen molar-refractivity contribution in [3.63, 3.8) is 0 Å².